The van der Waals surface area contributed by atoms with Crippen LogP contribution in [0.5, 0.6) is 0 Å². The van der Waals surface area contributed by atoms with Gasteiger partial charge in [-0.05, 0) is 59.1 Å². The molecular formula is C24H28N2O2. The van der Waals surface area contributed by atoms with Crippen LogP contribution in [0, 0.1) is 22.7 Å². The van der Waals surface area contributed by atoms with Gasteiger partial charge in [-0.15, -0.1) is 0 Å². The molecule has 2 atom stereocenters. The molecule has 0 spiro atoms. The third-order valence-corrected chi connectivity index (χ3v) is 6.30. The van der Waals surface area contributed by atoms with E-state index >= 15 is 0 Å². The van der Waals surface area contributed by atoms with Gasteiger partial charge >= 0.3 is 0 Å². The third kappa shape index (κ3) is 3.82. The fourth-order valence-corrected chi connectivity index (χ4v) is 3.78. The molecule has 4 heteroatoms. The van der Waals surface area contributed by atoms with Gasteiger partial charge in [-0.1, -0.05) is 52.0 Å². The topological polar surface area (TPSA) is 58.2 Å². The summed E-state index contributed by atoms with van der Waals surface area (Å²) < 4.78 is 0. The predicted octanol–water partition coefficient (Wildman–Crippen LogP) is 5.32. The van der Waals surface area contributed by atoms with Crippen molar-refractivity contribution in [3.8, 4) is 11.1 Å². The molecule has 2 N–H and O–H groups in total. The summed E-state index contributed by atoms with van der Waals surface area (Å²) in [6, 6.07) is 15.8. The van der Waals surface area contributed by atoms with Crippen LogP contribution in [0.3, 0.4) is 0 Å². The van der Waals surface area contributed by atoms with Gasteiger partial charge in [0.15, 0.2) is 0 Å². The van der Waals surface area contributed by atoms with Gasteiger partial charge in [0.25, 0.3) is 0 Å². The highest BCUT2D eigenvalue weighted by atomic mass is 16.2. The molecule has 146 valence electrons. The predicted molar refractivity (Wildman–Crippen MR) is 113 cm³/mol. The standard InChI is InChI=1S/C24H28N2O2/c1-23(2)13-19(23)21(27)25-17-9-5-15(6-10-17)16-7-11-18(12-8-16)26-22(28)20-14-24(20,3)4/h5-12,19-20H,13-14H2,1-4H3,(H,25,27)(H,26,28)/t19-,20-/m0/s1. The van der Waals surface area contributed by atoms with Crippen LogP contribution in [0.15, 0.2) is 48.5 Å². The van der Waals surface area contributed by atoms with Gasteiger partial charge in [0.05, 0.1) is 0 Å². The molecule has 0 aliphatic heterocycles. The van der Waals surface area contributed by atoms with Crippen molar-refractivity contribution in [2.75, 3.05) is 10.6 Å². The SMILES string of the molecule is CC1(C)C[C@H]1C(=O)Nc1ccc(-c2ccc(NC(=O)[C@@H]3CC3(C)C)cc2)cc1. The van der Waals surface area contributed by atoms with Crippen molar-refractivity contribution in [3.05, 3.63) is 48.5 Å². The van der Waals surface area contributed by atoms with Gasteiger partial charge in [-0.3, -0.25) is 9.59 Å². The smallest absolute Gasteiger partial charge is 0.228 e. The molecule has 2 aliphatic carbocycles. The molecule has 2 amide bonds. The zero-order valence-electron chi connectivity index (χ0n) is 17.0. The molecule has 0 aromatic heterocycles. The number of anilines is 2. The van der Waals surface area contributed by atoms with E-state index in [1.807, 2.05) is 48.5 Å². The Hall–Kier alpha value is -2.62. The van der Waals surface area contributed by atoms with Gasteiger partial charge in [-0.25, -0.2) is 0 Å². The summed E-state index contributed by atoms with van der Waals surface area (Å²) >= 11 is 0. The molecule has 4 nitrogen and oxygen atoms in total. The molecule has 28 heavy (non-hydrogen) atoms. The van der Waals surface area contributed by atoms with Crippen molar-refractivity contribution in [1.82, 2.24) is 0 Å². The highest BCUT2D eigenvalue weighted by Gasteiger charge is 2.51. The van der Waals surface area contributed by atoms with E-state index in [1.165, 1.54) is 0 Å². The Bertz CT molecular complexity index is 833. The second-order valence-electron chi connectivity index (χ2n) is 9.62. The van der Waals surface area contributed by atoms with Crippen molar-refractivity contribution < 1.29 is 9.59 Å². The molecule has 4 rings (SSSR count). The maximum Gasteiger partial charge on any atom is 0.228 e. The summed E-state index contributed by atoms with van der Waals surface area (Å²) in [5.74, 6) is 0.459. The minimum absolute atomic E-state index is 0.108. The van der Waals surface area contributed by atoms with Gasteiger partial charge in [0.1, 0.15) is 0 Å². The van der Waals surface area contributed by atoms with Crippen LogP contribution in [-0.2, 0) is 9.59 Å². The number of carbonyl (C=O) groups excluding carboxylic acids is 2. The average Bonchev–Trinajstić information content (AvgIpc) is 3.50. The normalized spacial score (nSPS) is 23.6. The van der Waals surface area contributed by atoms with E-state index in [0.717, 1.165) is 35.3 Å². The van der Waals surface area contributed by atoms with E-state index in [-0.39, 0.29) is 34.5 Å². The van der Waals surface area contributed by atoms with E-state index in [4.69, 9.17) is 0 Å². The highest BCUT2D eigenvalue weighted by molar-refractivity contribution is 5.96. The summed E-state index contributed by atoms with van der Waals surface area (Å²) in [5, 5.41) is 6.01. The van der Waals surface area contributed by atoms with Crippen LogP contribution in [0.1, 0.15) is 40.5 Å². The lowest BCUT2D eigenvalue weighted by Crippen LogP contribution is -2.16. The minimum Gasteiger partial charge on any atom is -0.326 e. The Labute approximate surface area is 166 Å². The molecule has 2 saturated carbocycles. The summed E-state index contributed by atoms with van der Waals surface area (Å²) in [6.07, 6.45) is 1.91. The van der Waals surface area contributed by atoms with Gasteiger partial charge in [0, 0.05) is 23.2 Å². The van der Waals surface area contributed by atoms with Gasteiger partial charge < -0.3 is 10.6 Å². The molecule has 0 heterocycles. The van der Waals surface area contributed by atoms with Crippen molar-refractivity contribution in [2.45, 2.75) is 40.5 Å². The Morgan fingerprint density at radius 2 is 0.964 bits per heavy atom. The summed E-state index contributed by atoms with van der Waals surface area (Å²) in [6.45, 7) is 8.49. The molecular weight excluding hydrogens is 348 g/mol. The largest absolute Gasteiger partial charge is 0.326 e. The maximum atomic E-state index is 12.2. The van der Waals surface area contributed by atoms with Crippen LogP contribution in [0.4, 0.5) is 11.4 Å². The lowest BCUT2D eigenvalue weighted by molar-refractivity contribution is -0.118. The number of hydrogen-bond acceptors (Lipinski definition) is 2. The van der Waals surface area contributed by atoms with Gasteiger partial charge in [0.2, 0.25) is 11.8 Å². The fourth-order valence-electron chi connectivity index (χ4n) is 3.78. The number of hydrogen-bond donors (Lipinski definition) is 2. The number of rotatable bonds is 5. The second-order valence-corrected chi connectivity index (χ2v) is 9.62. The molecule has 2 aromatic carbocycles. The second kappa shape index (κ2) is 6.47. The number of carbonyl (C=O) groups is 2. The van der Waals surface area contributed by atoms with Crippen molar-refractivity contribution in [2.24, 2.45) is 22.7 Å². The van der Waals surface area contributed by atoms with E-state index in [0.29, 0.717) is 0 Å². The number of benzene rings is 2. The van der Waals surface area contributed by atoms with Crippen molar-refractivity contribution in [3.63, 3.8) is 0 Å². The Morgan fingerprint density at radius 3 is 1.21 bits per heavy atom. The molecule has 0 bridgehead atoms. The minimum atomic E-state index is 0.108. The first kappa shape index (κ1) is 18.7. The molecule has 2 aromatic rings. The zero-order chi connectivity index (χ0) is 20.1. The lowest BCUT2D eigenvalue weighted by Gasteiger charge is -2.09. The molecule has 2 fully saturated rings. The van der Waals surface area contributed by atoms with Crippen LogP contribution < -0.4 is 10.6 Å². The molecule has 0 unspecified atom stereocenters. The number of amides is 2. The first-order chi connectivity index (χ1) is 13.2. The number of nitrogens with one attached hydrogen (secondary N) is 2. The first-order valence-electron chi connectivity index (χ1n) is 9.98. The van der Waals surface area contributed by atoms with E-state index in [9.17, 15) is 9.59 Å². The first-order valence-corrected chi connectivity index (χ1v) is 9.98. The summed E-state index contributed by atoms with van der Waals surface area (Å²) in [5.41, 5.74) is 4.07. The van der Waals surface area contributed by atoms with Crippen molar-refractivity contribution in [1.29, 1.82) is 0 Å². The van der Waals surface area contributed by atoms with E-state index in [2.05, 4.69) is 38.3 Å². The van der Waals surface area contributed by atoms with Crippen LogP contribution in [-0.4, -0.2) is 11.8 Å². The summed E-state index contributed by atoms with van der Waals surface area (Å²) in [7, 11) is 0. The molecule has 0 saturated heterocycles. The molecule has 0 radical (unpaired) electrons. The summed E-state index contributed by atoms with van der Waals surface area (Å²) in [4.78, 5) is 24.4. The molecule has 2 aliphatic rings. The van der Waals surface area contributed by atoms with E-state index in [1.54, 1.807) is 0 Å². The van der Waals surface area contributed by atoms with Crippen LogP contribution in [0.25, 0.3) is 11.1 Å². The lowest BCUT2D eigenvalue weighted by atomic mass is 10.0. The highest BCUT2D eigenvalue weighted by Crippen LogP contribution is 2.52. The van der Waals surface area contributed by atoms with Gasteiger partial charge in [-0.2, -0.15) is 0 Å². The zero-order valence-corrected chi connectivity index (χ0v) is 17.0. The van der Waals surface area contributed by atoms with Crippen LogP contribution >= 0.6 is 0 Å². The van der Waals surface area contributed by atoms with Crippen molar-refractivity contribution >= 4 is 23.2 Å². The average molecular weight is 377 g/mol. The maximum absolute atomic E-state index is 12.2. The third-order valence-electron chi connectivity index (χ3n) is 6.30. The Morgan fingerprint density at radius 1 is 0.679 bits per heavy atom. The van der Waals surface area contributed by atoms with E-state index < -0.39 is 0 Å². The quantitative estimate of drug-likeness (QED) is 0.742. The fraction of sp³-hybridized carbons (Fsp3) is 0.417. The Kier molecular flexibility index (Phi) is 4.33. The monoisotopic (exact) mass is 376 g/mol. The Balaban J connectivity index is 1.36. The van der Waals surface area contributed by atoms with Crippen LogP contribution in [0.2, 0.25) is 0 Å².